The largest absolute Gasteiger partial charge is 0.491 e. The van der Waals surface area contributed by atoms with Gasteiger partial charge in [0, 0.05) is 6.08 Å². The number of carbonyl (C=O) groups is 1. The first kappa shape index (κ1) is 37.0. The van der Waals surface area contributed by atoms with Crippen LogP contribution in [0.3, 0.4) is 0 Å². The van der Waals surface area contributed by atoms with Gasteiger partial charge in [-0.1, -0.05) is 64.2 Å². The smallest absolute Gasteiger partial charge is 0.330 e. The molecular formula is C32H54O9. The maximum atomic E-state index is 10.8. The van der Waals surface area contributed by atoms with Crippen molar-refractivity contribution in [3.8, 4) is 5.75 Å². The zero-order valence-corrected chi connectivity index (χ0v) is 25.3. The number of carbonyl (C=O) groups excluding carboxylic acids is 1. The van der Waals surface area contributed by atoms with Gasteiger partial charge < -0.3 is 37.9 Å². The molecule has 0 aromatic heterocycles. The van der Waals surface area contributed by atoms with Crippen LogP contribution in [-0.4, -0.2) is 98.5 Å². The second-order valence-electron chi connectivity index (χ2n) is 9.41. The Hall–Kier alpha value is -2.01. The summed E-state index contributed by atoms with van der Waals surface area (Å²) in [6.45, 7) is 12.1. The molecule has 0 spiro atoms. The van der Waals surface area contributed by atoms with Crippen LogP contribution in [0.25, 0.3) is 0 Å². The highest BCUT2D eigenvalue weighted by Gasteiger charge is 1.99. The van der Waals surface area contributed by atoms with Crippen LogP contribution >= 0.6 is 0 Å². The fourth-order valence-corrected chi connectivity index (χ4v) is 3.72. The highest BCUT2D eigenvalue weighted by atomic mass is 16.6. The van der Waals surface area contributed by atoms with Gasteiger partial charge in [0.25, 0.3) is 0 Å². The Morgan fingerprint density at radius 2 is 1.00 bits per heavy atom. The summed E-state index contributed by atoms with van der Waals surface area (Å²) in [6, 6.07) is 8.43. The molecule has 0 aliphatic carbocycles. The Labute approximate surface area is 247 Å². The van der Waals surface area contributed by atoms with Gasteiger partial charge in [0.05, 0.1) is 79.3 Å². The highest BCUT2D eigenvalue weighted by Crippen LogP contribution is 2.15. The van der Waals surface area contributed by atoms with Crippen molar-refractivity contribution >= 4 is 5.97 Å². The zero-order chi connectivity index (χ0) is 29.5. The molecule has 0 bridgehead atoms. The summed E-state index contributed by atoms with van der Waals surface area (Å²) < 4.78 is 43.2. The molecule has 0 aliphatic heterocycles. The van der Waals surface area contributed by atoms with Crippen LogP contribution in [0.1, 0.15) is 57.4 Å². The Bertz CT molecular complexity index is 712. The maximum Gasteiger partial charge on any atom is 0.330 e. The number of esters is 1. The molecule has 1 rings (SSSR count). The Balaban J connectivity index is 1.76. The number of unbranched alkanes of at least 4 members (excludes halogenated alkanes) is 6. The summed E-state index contributed by atoms with van der Waals surface area (Å²) in [7, 11) is 0. The van der Waals surface area contributed by atoms with Crippen molar-refractivity contribution in [1.82, 2.24) is 0 Å². The minimum absolute atomic E-state index is 0.206. The lowest BCUT2D eigenvalue weighted by molar-refractivity contribution is -0.139. The van der Waals surface area contributed by atoms with Crippen molar-refractivity contribution in [1.29, 1.82) is 0 Å². The minimum Gasteiger partial charge on any atom is -0.491 e. The maximum absolute atomic E-state index is 10.8. The molecule has 236 valence electrons. The molecule has 0 amide bonds. The van der Waals surface area contributed by atoms with Crippen LogP contribution in [0, 0.1) is 0 Å². The predicted molar refractivity (Wildman–Crippen MR) is 160 cm³/mol. The van der Waals surface area contributed by atoms with Crippen molar-refractivity contribution in [3.05, 3.63) is 42.5 Å². The molecule has 0 N–H and O–H groups in total. The lowest BCUT2D eigenvalue weighted by atomic mass is 10.0. The molecule has 0 aliphatic rings. The number of ether oxygens (including phenoxy) is 8. The average Bonchev–Trinajstić information content (AvgIpc) is 2.99. The van der Waals surface area contributed by atoms with Crippen LogP contribution in [-0.2, 0) is 44.4 Å². The monoisotopic (exact) mass is 582 g/mol. The van der Waals surface area contributed by atoms with Crippen molar-refractivity contribution in [2.45, 2.75) is 58.3 Å². The van der Waals surface area contributed by atoms with Crippen LogP contribution in [0.5, 0.6) is 5.75 Å². The van der Waals surface area contributed by atoms with Gasteiger partial charge in [0.15, 0.2) is 0 Å². The van der Waals surface area contributed by atoms with Gasteiger partial charge in [-0.2, -0.15) is 0 Å². The quantitative estimate of drug-likeness (QED) is 0.0667. The van der Waals surface area contributed by atoms with Crippen molar-refractivity contribution in [2.24, 2.45) is 0 Å². The molecule has 9 heteroatoms. The first-order valence-corrected chi connectivity index (χ1v) is 15.2. The highest BCUT2D eigenvalue weighted by molar-refractivity contribution is 5.81. The normalized spacial score (nSPS) is 11.0. The van der Waals surface area contributed by atoms with E-state index >= 15 is 0 Å². The first-order chi connectivity index (χ1) is 20.3. The standard InChI is InChI=1S/C32H54O9/c1-3-5-6-7-8-9-10-11-30-12-14-31(15-13-30)40-28-26-38-24-22-36-20-18-34-16-17-35-19-21-37-23-25-39-27-29-41-32(33)4-2/h4,12-15H,2-3,5-11,16-29H2,1H3. The van der Waals surface area contributed by atoms with Gasteiger partial charge in [-0.05, 0) is 30.5 Å². The van der Waals surface area contributed by atoms with E-state index in [0.29, 0.717) is 85.9 Å². The van der Waals surface area contributed by atoms with Crippen molar-refractivity contribution in [3.63, 3.8) is 0 Å². The Morgan fingerprint density at radius 3 is 1.46 bits per heavy atom. The van der Waals surface area contributed by atoms with E-state index in [1.807, 2.05) is 12.1 Å². The van der Waals surface area contributed by atoms with Crippen LogP contribution < -0.4 is 4.74 Å². The summed E-state index contributed by atoms with van der Waals surface area (Å²) in [5.41, 5.74) is 1.38. The van der Waals surface area contributed by atoms with Gasteiger partial charge >= 0.3 is 5.97 Å². The van der Waals surface area contributed by atoms with Gasteiger partial charge in [-0.15, -0.1) is 0 Å². The molecule has 1 aromatic carbocycles. The molecule has 0 fully saturated rings. The molecule has 0 heterocycles. The molecule has 41 heavy (non-hydrogen) atoms. The van der Waals surface area contributed by atoms with E-state index in [1.165, 1.54) is 50.5 Å². The van der Waals surface area contributed by atoms with Gasteiger partial charge in [0.2, 0.25) is 0 Å². The number of rotatable bonds is 31. The molecule has 0 saturated heterocycles. The Morgan fingerprint density at radius 1 is 0.585 bits per heavy atom. The summed E-state index contributed by atoms with van der Waals surface area (Å²) in [4.78, 5) is 10.8. The molecular weight excluding hydrogens is 528 g/mol. The molecule has 0 atom stereocenters. The zero-order valence-electron chi connectivity index (χ0n) is 25.3. The van der Waals surface area contributed by atoms with Gasteiger partial charge in [-0.3, -0.25) is 0 Å². The third kappa shape index (κ3) is 25.4. The van der Waals surface area contributed by atoms with Crippen LogP contribution in [0.15, 0.2) is 36.9 Å². The average molecular weight is 583 g/mol. The van der Waals surface area contributed by atoms with Gasteiger partial charge in [-0.25, -0.2) is 4.79 Å². The predicted octanol–water partition coefficient (Wildman–Crippen LogP) is 5.19. The van der Waals surface area contributed by atoms with Gasteiger partial charge in [0.1, 0.15) is 19.0 Å². The summed E-state index contributed by atoms with van der Waals surface area (Å²) in [6.07, 6.45) is 11.6. The summed E-state index contributed by atoms with van der Waals surface area (Å²) >= 11 is 0. The molecule has 0 saturated carbocycles. The molecule has 9 nitrogen and oxygen atoms in total. The molecule has 0 radical (unpaired) electrons. The number of aryl methyl sites for hydroxylation is 1. The second kappa shape index (κ2) is 29.5. The number of benzene rings is 1. The second-order valence-corrected chi connectivity index (χ2v) is 9.41. The fourth-order valence-electron chi connectivity index (χ4n) is 3.72. The summed E-state index contributed by atoms with van der Waals surface area (Å²) in [5.74, 6) is 0.431. The number of hydrogen-bond acceptors (Lipinski definition) is 9. The molecule has 0 unspecified atom stereocenters. The minimum atomic E-state index is -0.452. The topological polar surface area (TPSA) is 90.9 Å². The number of hydrogen-bond donors (Lipinski definition) is 0. The lowest BCUT2D eigenvalue weighted by Gasteiger charge is -2.09. The summed E-state index contributed by atoms with van der Waals surface area (Å²) in [5, 5.41) is 0. The van der Waals surface area contributed by atoms with E-state index < -0.39 is 5.97 Å². The van der Waals surface area contributed by atoms with E-state index in [9.17, 15) is 4.79 Å². The van der Waals surface area contributed by atoms with Crippen molar-refractivity contribution < 1.29 is 42.7 Å². The lowest BCUT2D eigenvalue weighted by Crippen LogP contribution is -2.15. The SMILES string of the molecule is C=CC(=O)OCCOCCOCCOCCOCCOCCOCCOc1ccc(CCCCCCCCC)cc1. The van der Waals surface area contributed by atoms with Crippen LogP contribution in [0.2, 0.25) is 0 Å². The van der Waals surface area contributed by atoms with E-state index in [-0.39, 0.29) is 6.61 Å². The third-order valence-electron chi connectivity index (χ3n) is 5.99. The van der Waals surface area contributed by atoms with E-state index in [1.54, 1.807) is 0 Å². The third-order valence-corrected chi connectivity index (χ3v) is 5.99. The first-order valence-electron chi connectivity index (χ1n) is 15.2. The Kier molecular flexibility index (Phi) is 26.6. The fraction of sp³-hybridized carbons (Fsp3) is 0.719. The van der Waals surface area contributed by atoms with E-state index in [2.05, 4.69) is 25.6 Å². The van der Waals surface area contributed by atoms with Crippen molar-refractivity contribution in [2.75, 3.05) is 92.5 Å². The van der Waals surface area contributed by atoms with Crippen LogP contribution in [0.4, 0.5) is 0 Å². The van der Waals surface area contributed by atoms with E-state index in [4.69, 9.17) is 37.9 Å². The van der Waals surface area contributed by atoms with E-state index in [0.717, 1.165) is 18.2 Å². The molecule has 1 aromatic rings.